The molecule has 2 aromatic heterocycles. The van der Waals surface area contributed by atoms with Crippen LogP contribution in [0.3, 0.4) is 0 Å². The molecule has 0 radical (unpaired) electrons. The molecule has 0 atom stereocenters. The van der Waals surface area contributed by atoms with Crippen molar-refractivity contribution < 1.29 is 17.6 Å². The van der Waals surface area contributed by atoms with Crippen molar-refractivity contribution in [3.8, 4) is 11.3 Å². The highest BCUT2D eigenvalue weighted by Crippen LogP contribution is 2.27. The second-order valence-electron chi connectivity index (χ2n) is 7.39. The van der Waals surface area contributed by atoms with Gasteiger partial charge in [-0.05, 0) is 55.5 Å². The first-order valence-electron chi connectivity index (χ1n) is 9.71. The van der Waals surface area contributed by atoms with E-state index >= 15 is 0 Å². The molecule has 0 aliphatic heterocycles. The van der Waals surface area contributed by atoms with E-state index in [-0.39, 0.29) is 16.6 Å². The van der Waals surface area contributed by atoms with Gasteiger partial charge in [0.15, 0.2) is 4.96 Å². The van der Waals surface area contributed by atoms with E-state index in [1.165, 1.54) is 61.8 Å². The molecule has 32 heavy (non-hydrogen) atoms. The number of halogens is 1. The molecular formula is C22H21FN4O3S2. The summed E-state index contributed by atoms with van der Waals surface area (Å²) in [6.45, 7) is 2.27. The summed E-state index contributed by atoms with van der Waals surface area (Å²) in [5.74, 6) is -0.589. The summed E-state index contributed by atoms with van der Waals surface area (Å²) in [5, 5.41) is 2.87. The summed E-state index contributed by atoms with van der Waals surface area (Å²) in [6.07, 6.45) is 1.89. The largest absolute Gasteiger partial charge is 0.347 e. The fraction of sp³-hybridized carbons (Fsp3) is 0.182. The van der Waals surface area contributed by atoms with Gasteiger partial charge in [-0.2, -0.15) is 0 Å². The minimum Gasteiger partial charge on any atom is -0.347 e. The Morgan fingerprint density at radius 3 is 2.38 bits per heavy atom. The molecule has 166 valence electrons. The molecule has 2 heterocycles. The topological polar surface area (TPSA) is 83.8 Å². The van der Waals surface area contributed by atoms with Gasteiger partial charge in [-0.25, -0.2) is 22.1 Å². The molecule has 4 aromatic rings. The zero-order valence-corrected chi connectivity index (χ0v) is 19.3. The standard InChI is InChI=1S/C22H21FN4O3S2/c1-14-20(31-22-25-19(13-27(14)22)15-4-8-17(23)9-5-15)12-24-21(28)16-6-10-18(11-7-16)32(29,30)26(2)3/h4-11,13H,12H2,1-3H3,(H,24,28). The summed E-state index contributed by atoms with van der Waals surface area (Å²) in [4.78, 5) is 19.0. The van der Waals surface area contributed by atoms with Crippen molar-refractivity contribution in [3.05, 3.63) is 76.7 Å². The van der Waals surface area contributed by atoms with Crippen LogP contribution in [0.4, 0.5) is 4.39 Å². The maximum Gasteiger partial charge on any atom is 0.251 e. The number of fused-ring (bicyclic) bond motifs is 1. The van der Waals surface area contributed by atoms with Gasteiger partial charge in [-0.15, -0.1) is 0 Å². The molecule has 1 N–H and O–H groups in total. The van der Waals surface area contributed by atoms with E-state index in [9.17, 15) is 17.6 Å². The molecular weight excluding hydrogens is 451 g/mol. The van der Waals surface area contributed by atoms with E-state index in [0.29, 0.717) is 12.1 Å². The van der Waals surface area contributed by atoms with Gasteiger partial charge < -0.3 is 5.32 Å². The van der Waals surface area contributed by atoms with Crippen molar-refractivity contribution in [3.63, 3.8) is 0 Å². The van der Waals surface area contributed by atoms with Gasteiger partial charge in [0, 0.05) is 42.0 Å². The van der Waals surface area contributed by atoms with Crippen LogP contribution in [-0.4, -0.2) is 42.1 Å². The number of sulfonamides is 1. The molecule has 0 unspecified atom stereocenters. The number of nitrogens with one attached hydrogen (secondary N) is 1. The van der Waals surface area contributed by atoms with E-state index < -0.39 is 10.0 Å². The van der Waals surface area contributed by atoms with Crippen LogP contribution in [0.2, 0.25) is 0 Å². The number of aromatic nitrogens is 2. The number of rotatable bonds is 6. The van der Waals surface area contributed by atoms with Crippen LogP contribution < -0.4 is 5.32 Å². The van der Waals surface area contributed by atoms with Crippen molar-refractivity contribution in [1.29, 1.82) is 0 Å². The third-order valence-electron chi connectivity index (χ3n) is 5.10. The Bertz CT molecular complexity index is 1390. The number of carbonyl (C=O) groups excluding carboxylic acids is 1. The Balaban J connectivity index is 1.47. The minimum absolute atomic E-state index is 0.131. The molecule has 7 nitrogen and oxygen atoms in total. The zero-order valence-electron chi connectivity index (χ0n) is 17.7. The molecule has 0 saturated carbocycles. The second kappa shape index (κ2) is 8.45. The number of aryl methyl sites for hydroxylation is 1. The molecule has 10 heteroatoms. The van der Waals surface area contributed by atoms with E-state index in [1.54, 1.807) is 12.1 Å². The fourth-order valence-corrected chi connectivity index (χ4v) is 5.11. The van der Waals surface area contributed by atoms with Gasteiger partial charge in [0.25, 0.3) is 5.91 Å². The smallest absolute Gasteiger partial charge is 0.251 e. The van der Waals surface area contributed by atoms with Crippen molar-refractivity contribution in [1.82, 2.24) is 19.0 Å². The van der Waals surface area contributed by atoms with Crippen LogP contribution in [0.15, 0.2) is 59.6 Å². The molecule has 0 bridgehead atoms. The third-order valence-corrected chi connectivity index (χ3v) is 8.08. The summed E-state index contributed by atoms with van der Waals surface area (Å²) >= 11 is 1.47. The Kier molecular flexibility index (Phi) is 5.85. The minimum atomic E-state index is -3.54. The monoisotopic (exact) mass is 472 g/mol. The Labute approximate surface area is 189 Å². The van der Waals surface area contributed by atoms with Gasteiger partial charge >= 0.3 is 0 Å². The van der Waals surface area contributed by atoms with Crippen LogP contribution in [0, 0.1) is 12.7 Å². The lowest BCUT2D eigenvalue weighted by Gasteiger charge is -2.11. The average Bonchev–Trinajstić information content (AvgIpc) is 3.31. The van der Waals surface area contributed by atoms with Gasteiger partial charge in [0.1, 0.15) is 5.82 Å². The Morgan fingerprint density at radius 1 is 1.12 bits per heavy atom. The van der Waals surface area contributed by atoms with Crippen LogP contribution in [-0.2, 0) is 16.6 Å². The molecule has 0 aliphatic rings. The first-order valence-corrected chi connectivity index (χ1v) is 12.0. The molecule has 0 aliphatic carbocycles. The Hall–Kier alpha value is -3.08. The molecule has 1 amide bonds. The van der Waals surface area contributed by atoms with Crippen molar-refractivity contribution in [2.75, 3.05) is 14.1 Å². The summed E-state index contributed by atoms with van der Waals surface area (Å²) in [7, 11) is -0.625. The molecule has 0 fully saturated rings. The predicted molar refractivity (Wildman–Crippen MR) is 122 cm³/mol. The number of nitrogens with zero attached hydrogens (tertiary/aromatic N) is 3. The van der Waals surface area contributed by atoms with Crippen molar-refractivity contribution in [2.45, 2.75) is 18.4 Å². The van der Waals surface area contributed by atoms with Crippen LogP contribution >= 0.6 is 11.3 Å². The van der Waals surface area contributed by atoms with E-state index in [4.69, 9.17) is 0 Å². The molecule has 0 spiro atoms. The number of thiazole rings is 1. The summed E-state index contributed by atoms with van der Waals surface area (Å²) in [6, 6.07) is 12.0. The molecule has 0 saturated heterocycles. The average molecular weight is 473 g/mol. The van der Waals surface area contributed by atoms with Crippen LogP contribution in [0.5, 0.6) is 0 Å². The van der Waals surface area contributed by atoms with Gasteiger partial charge in [0.05, 0.1) is 17.1 Å². The van der Waals surface area contributed by atoms with Crippen LogP contribution in [0.25, 0.3) is 16.2 Å². The van der Waals surface area contributed by atoms with Crippen molar-refractivity contribution >= 4 is 32.2 Å². The number of imidazole rings is 1. The maximum absolute atomic E-state index is 13.2. The highest BCUT2D eigenvalue weighted by atomic mass is 32.2. The first-order chi connectivity index (χ1) is 15.2. The van der Waals surface area contributed by atoms with E-state index in [1.807, 2.05) is 17.5 Å². The zero-order chi connectivity index (χ0) is 23.0. The normalized spacial score (nSPS) is 11.9. The predicted octanol–water partition coefficient (Wildman–Crippen LogP) is 3.69. The summed E-state index contributed by atoms with van der Waals surface area (Å²) in [5.41, 5.74) is 2.91. The second-order valence-corrected chi connectivity index (χ2v) is 10.6. The quantitative estimate of drug-likeness (QED) is 0.464. The lowest BCUT2D eigenvalue weighted by molar-refractivity contribution is 0.0951. The lowest BCUT2D eigenvalue weighted by Crippen LogP contribution is -2.24. The first kappa shape index (κ1) is 22.1. The number of carbonyl (C=O) groups is 1. The number of hydrogen-bond acceptors (Lipinski definition) is 5. The van der Waals surface area contributed by atoms with E-state index in [2.05, 4.69) is 10.3 Å². The fourth-order valence-electron chi connectivity index (χ4n) is 3.17. The number of amides is 1. The van der Waals surface area contributed by atoms with Gasteiger partial charge in [0.2, 0.25) is 10.0 Å². The van der Waals surface area contributed by atoms with E-state index in [0.717, 1.165) is 31.1 Å². The van der Waals surface area contributed by atoms with Gasteiger partial charge in [-0.1, -0.05) is 11.3 Å². The lowest BCUT2D eigenvalue weighted by atomic mass is 10.2. The SMILES string of the molecule is Cc1c(CNC(=O)c2ccc(S(=O)(=O)N(C)C)cc2)sc2nc(-c3ccc(F)cc3)cn12. The van der Waals surface area contributed by atoms with Gasteiger partial charge in [-0.3, -0.25) is 9.20 Å². The van der Waals surface area contributed by atoms with Crippen molar-refractivity contribution in [2.24, 2.45) is 0 Å². The summed E-state index contributed by atoms with van der Waals surface area (Å²) < 4.78 is 40.5. The highest BCUT2D eigenvalue weighted by Gasteiger charge is 2.18. The number of hydrogen-bond donors (Lipinski definition) is 1. The molecule has 2 aromatic carbocycles. The van der Waals surface area contributed by atoms with Crippen LogP contribution in [0.1, 0.15) is 20.9 Å². The third kappa shape index (κ3) is 4.16. The maximum atomic E-state index is 13.2. The number of benzene rings is 2. The molecule has 4 rings (SSSR count). The highest BCUT2D eigenvalue weighted by molar-refractivity contribution is 7.89. The Morgan fingerprint density at radius 2 is 1.78 bits per heavy atom.